The van der Waals surface area contributed by atoms with E-state index < -0.39 is 20.6 Å². The molecule has 0 bridgehead atoms. The maximum absolute atomic E-state index is 13.3. The van der Waals surface area contributed by atoms with Crippen LogP contribution in [0.15, 0.2) is 120 Å². The van der Waals surface area contributed by atoms with Crippen LogP contribution in [0.2, 0.25) is 0 Å². The van der Waals surface area contributed by atoms with Gasteiger partial charge in [0.1, 0.15) is 9.81 Å². The molecule has 34 heavy (non-hydrogen) atoms. The Morgan fingerprint density at radius 3 is 1.68 bits per heavy atom. The number of ether oxygens (including phenoxy) is 1. The van der Waals surface area contributed by atoms with E-state index in [0.29, 0.717) is 13.0 Å². The van der Waals surface area contributed by atoms with Crippen molar-refractivity contribution in [3.8, 4) is 0 Å². The van der Waals surface area contributed by atoms with Crippen LogP contribution in [0, 0.1) is 12.8 Å². The van der Waals surface area contributed by atoms with Gasteiger partial charge in [0.15, 0.2) is 0 Å². The average Bonchev–Trinajstić information content (AvgIpc) is 3.57. The number of aryl methyl sites for hydroxylation is 1. The first-order chi connectivity index (χ1) is 16.5. The van der Waals surface area contributed by atoms with E-state index in [2.05, 4.69) is 36.4 Å². The van der Waals surface area contributed by atoms with Crippen LogP contribution in [0.5, 0.6) is 0 Å². The second-order valence-corrected chi connectivity index (χ2v) is 11.5. The van der Waals surface area contributed by atoms with E-state index in [0.717, 1.165) is 27.1 Å². The van der Waals surface area contributed by atoms with Crippen LogP contribution in [0.3, 0.4) is 0 Å². The molecule has 0 spiro atoms. The number of hydrogen-bond acceptors (Lipinski definition) is 2. The van der Waals surface area contributed by atoms with Gasteiger partial charge in [-0.2, -0.15) is 0 Å². The lowest BCUT2D eigenvalue weighted by Crippen LogP contribution is -2.34. The highest BCUT2D eigenvalue weighted by atomic mass is 35.5. The maximum Gasteiger partial charge on any atom is 0.143 e. The van der Waals surface area contributed by atoms with E-state index in [1.165, 1.54) is 0 Å². The van der Waals surface area contributed by atoms with Crippen molar-refractivity contribution in [2.75, 3.05) is 6.61 Å². The summed E-state index contributed by atoms with van der Waals surface area (Å²) >= 11 is 6.92. The zero-order valence-electron chi connectivity index (χ0n) is 19.1. The molecule has 2 nitrogen and oxygen atoms in total. The summed E-state index contributed by atoms with van der Waals surface area (Å²) in [6.07, 6.45) is 0.656. The molecule has 0 aromatic heterocycles. The average molecular weight is 487 g/mol. The first kappa shape index (κ1) is 23.0. The Morgan fingerprint density at radius 2 is 1.24 bits per heavy atom. The molecule has 5 rings (SSSR count). The fraction of sp³-hybridized carbons (Fsp3) is 0.200. The zero-order valence-corrected chi connectivity index (χ0v) is 20.6. The number of benzene rings is 4. The van der Waals surface area contributed by atoms with Gasteiger partial charge in [-0.3, -0.25) is 4.21 Å². The summed E-state index contributed by atoms with van der Waals surface area (Å²) in [6, 6.07) is 38.7. The van der Waals surface area contributed by atoms with Crippen LogP contribution >= 0.6 is 11.6 Å². The molecule has 0 aliphatic heterocycles. The SMILES string of the molecule is Cc1ccc(S(=O)[C@]2(Cl)C[C@H]2COC(c2ccccc2)(c2ccccc2)c2ccccc2)cc1. The van der Waals surface area contributed by atoms with Gasteiger partial charge in [-0.05, 0) is 42.2 Å². The predicted octanol–water partition coefficient (Wildman–Crippen LogP) is 7.07. The molecule has 1 aliphatic carbocycles. The third-order valence-electron chi connectivity index (χ3n) is 6.56. The minimum Gasteiger partial charge on any atom is -0.360 e. The summed E-state index contributed by atoms with van der Waals surface area (Å²) in [5, 5.41) is 0. The second kappa shape index (κ2) is 9.50. The standard InChI is InChI=1S/C30H27ClO2S/c1-23-17-19-28(20-18-23)34(32)29(31)21-27(29)22-33-30(24-11-5-2-6-12-24,25-13-7-3-8-14-25)26-15-9-4-10-16-26/h2-20,27H,21-22H2,1H3/t27-,29+,34?/m0/s1. The lowest BCUT2D eigenvalue weighted by Gasteiger charge is -2.36. The van der Waals surface area contributed by atoms with Crippen molar-refractivity contribution in [2.24, 2.45) is 5.92 Å². The third-order valence-corrected chi connectivity index (χ3v) is 9.26. The van der Waals surface area contributed by atoms with Crippen molar-refractivity contribution < 1.29 is 8.95 Å². The fourth-order valence-corrected chi connectivity index (χ4v) is 6.55. The van der Waals surface area contributed by atoms with Crippen LogP contribution in [0.4, 0.5) is 0 Å². The minimum atomic E-state index is -1.30. The molecular weight excluding hydrogens is 460 g/mol. The highest BCUT2D eigenvalue weighted by molar-refractivity contribution is 7.88. The van der Waals surface area contributed by atoms with Gasteiger partial charge in [-0.15, -0.1) is 11.6 Å². The third kappa shape index (κ3) is 4.24. The Balaban J connectivity index is 1.49. The molecule has 1 unspecified atom stereocenters. The summed E-state index contributed by atoms with van der Waals surface area (Å²) in [5.74, 6) is -0.00758. The smallest absolute Gasteiger partial charge is 0.143 e. The molecule has 4 aromatic rings. The summed E-state index contributed by atoms with van der Waals surface area (Å²) < 4.78 is 19.4. The van der Waals surface area contributed by atoms with Crippen molar-refractivity contribution in [3.63, 3.8) is 0 Å². The molecule has 0 radical (unpaired) electrons. The van der Waals surface area contributed by atoms with Crippen LogP contribution in [0.25, 0.3) is 0 Å². The van der Waals surface area contributed by atoms with E-state index >= 15 is 0 Å². The van der Waals surface area contributed by atoms with Gasteiger partial charge in [-0.25, -0.2) is 0 Å². The van der Waals surface area contributed by atoms with Crippen LogP contribution in [-0.4, -0.2) is 15.0 Å². The summed E-state index contributed by atoms with van der Waals surface area (Å²) in [6.45, 7) is 2.42. The summed E-state index contributed by atoms with van der Waals surface area (Å²) in [7, 11) is -1.30. The molecule has 0 N–H and O–H groups in total. The summed E-state index contributed by atoms with van der Waals surface area (Å²) in [5.41, 5.74) is 3.49. The first-order valence-electron chi connectivity index (χ1n) is 11.5. The van der Waals surface area contributed by atoms with Gasteiger partial charge in [-0.1, -0.05) is 109 Å². The molecule has 0 heterocycles. The van der Waals surface area contributed by atoms with E-state index in [4.69, 9.17) is 16.3 Å². The first-order valence-corrected chi connectivity index (χ1v) is 13.0. The maximum atomic E-state index is 13.3. The minimum absolute atomic E-state index is 0.00758. The lowest BCUT2D eigenvalue weighted by atomic mass is 9.80. The molecular formula is C30H27ClO2S. The number of alkyl halides is 1. The largest absolute Gasteiger partial charge is 0.360 e. The lowest BCUT2D eigenvalue weighted by molar-refractivity contribution is 0.00605. The Hall–Kier alpha value is -2.72. The number of hydrogen-bond donors (Lipinski definition) is 0. The van der Waals surface area contributed by atoms with Gasteiger partial charge in [0, 0.05) is 10.8 Å². The normalized spacial score (nSPS) is 20.6. The molecule has 1 aliphatic rings. The molecule has 1 fully saturated rings. The molecule has 0 saturated heterocycles. The van der Waals surface area contributed by atoms with Gasteiger partial charge >= 0.3 is 0 Å². The van der Waals surface area contributed by atoms with Crippen molar-refractivity contribution in [3.05, 3.63) is 138 Å². The zero-order chi connectivity index (χ0) is 23.6. The number of halogens is 1. The molecule has 1 saturated carbocycles. The Morgan fingerprint density at radius 1 is 0.794 bits per heavy atom. The fourth-order valence-electron chi connectivity index (χ4n) is 4.54. The molecule has 4 aromatic carbocycles. The summed E-state index contributed by atoms with van der Waals surface area (Å²) in [4.78, 5) is 0.767. The van der Waals surface area contributed by atoms with E-state index in [1.807, 2.05) is 85.8 Å². The van der Waals surface area contributed by atoms with Crippen molar-refractivity contribution in [1.82, 2.24) is 0 Å². The van der Waals surface area contributed by atoms with Gasteiger partial charge in [0.2, 0.25) is 0 Å². The number of rotatable bonds is 8. The molecule has 0 amide bonds. The van der Waals surface area contributed by atoms with Crippen LogP contribution in [-0.2, 0) is 21.1 Å². The van der Waals surface area contributed by atoms with Gasteiger partial charge in [0.25, 0.3) is 0 Å². The Bertz CT molecular complexity index is 1160. The van der Waals surface area contributed by atoms with Gasteiger partial charge < -0.3 is 4.74 Å². The van der Waals surface area contributed by atoms with Crippen molar-refractivity contribution in [2.45, 2.75) is 28.0 Å². The molecule has 3 atom stereocenters. The monoisotopic (exact) mass is 486 g/mol. The molecule has 4 heteroatoms. The van der Waals surface area contributed by atoms with Gasteiger partial charge in [0.05, 0.1) is 17.4 Å². The van der Waals surface area contributed by atoms with Crippen molar-refractivity contribution in [1.29, 1.82) is 0 Å². The van der Waals surface area contributed by atoms with E-state index in [1.54, 1.807) is 0 Å². The van der Waals surface area contributed by atoms with Crippen molar-refractivity contribution >= 4 is 22.4 Å². The Labute approximate surface area is 209 Å². The van der Waals surface area contributed by atoms with Crippen LogP contribution < -0.4 is 0 Å². The predicted molar refractivity (Wildman–Crippen MR) is 139 cm³/mol. The highest BCUT2D eigenvalue weighted by Crippen LogP contribution is 2.55. The highest BCUT2D eigenvalue weighted by Gasteiger charge is 2.59. The second-order valence-electron chi connectivity index (χ2n) is 8.86. The quantitative estimate of drug-likeness (QED) is 0.197. The topological polar surface area (TPSA) is 26.3 Å². The molecule has 172 valence electrons. The van der Waals surface area contributed by atoms with Crippen LogP contribution in [0.1, 0.15) is 28.7 Å². The van der Waals surface area contributed by atoms with E-state index in [-0.39, 0.29) is 5.92 Å². The Kier molecular flexibility index (Phi) is 6.44. The van der Waals surface area contributed by atoms with E-state index in [9.17, 15) is 4.21 Å².